The van der Waals surface area contributed by atoms with Crippen LogP contribution in [-0.2, 0) is 6.18 Å². The number of alkyl halides is 3. The van der Waals surface area contributed by atoms with Crippen molar-refractivity contribution in [3.63, 3.8) is 0 Å². The molecule has 0 saturated carbocycles. The molecule has 1 aliphatic rings. The molecule has 0 aliphatic carbocycles. The van der Waals surface area contributed by atoms with Gasteiger partial charge in [-0.25, -0.2) is 0 Å². The average Bonchev–Trinajstić information content (AvgIpc) is 2.48. The van der Waals surface area contributed by atoms with Gasteiger partial charge in [-0.15, -0.1) is 0 Å². The molecule has 0 aromatic heterocycles. The number of methoxy groups -OCH3 is 1. The van der Waals surface area contributed by atoms with E-state index in [1.807, 2.05) is 6.92 Å². The summed E-state index contributed by atoms with van der Waals surface area (Å²) in [6, 6.07) is 3.88. The Morgan fingerprint density at radius 2 is 1.95 bits per heavy atom. The van der Waals surface area contributed by atoms with Crippen molar-refractivity contribution in [1.82, 2.24) is 10.2 Å². The third-order valence-electron chi connectivity index (χ3n) is 3.90. The van der Waals surface area contributed by atoms with Crippen molar-refractivity contribution in [3.05, 3.63) is 29.3 Å². The molecule has 0 unspecified atom stereocenters. The van der Waals surface area contributed by atoms with Gasteiger partial charge in [0.1, 0.15) is 5.75 Å². The molecule has 0 spiro atoms. The fourth-order valence-corrected chi connectivity index (χ4v) is 2.83. The van der Waals surface area contributed by atoms with Gasteiger partial charge in [0.05, 0.1) is 12.7 Å². The van der Waals surface area contributed by atoms with Crippen molar-refractivity contribution in [2.45, 2.75) is 25.6 Å². The fourth-order valence-electron chi connectivity index (χ4n) is 2.83. The molecule has 2 rings (SSSR count). The van der Waals surface area contributed by atoms with E-state index in [-0.39, 0.29) is 6.04 Å². The lowest BCUT2D eigenvalue weighted by Crippen LogP contribution is -2.45. The zero-order valence-corrected chi connectivity index (χ0v) is 12.3. The number of halogens is 3. The highest BCUT2D eigenvalue weighted by Crippen LogP contribution is 2.37. The van der Waals surface area contributed by atoms with Crippen LogP contribution in [0.15, 0.2) is 18.2 Å². The molecule has 1 heterocycles. The van der Waals surface area contributed by atoms with Crippen LogP contribution in [0.4, 0.5) is 13.2 Å². The van der Waals surface area contributed by atoms with Crippen LogP contribution in [0.5, 0.6) is 5.75 Å². The van der Waals surface area contributed by atoms with Gasteiger partial charge in [-0.3, -0.25) is 4.90 Å². The summed E-state index contributed by atoms with van der Waals surface area (Å²) >= 11 is 0. The minimum atomic E-state index is -4.34. The Hall–Kier alpha value is -1.27. The number of benzene rings is 1. The smallest absolute Gasteiger partial charge is 0.416 e. The molecule has 1 saturated heterocycles. The average molecular weight is 302 g/mol. The summed E-state index contributed by atoms with van der Waals surface area (Å²) in [6.45, 7) is 5.63. The summed E-state index contributed by atoms with van der Waals surface area (Å²) in [4.78, 5) is 2.29. The molecule has 3 nitrogen and oxygen atoms in total. The van der Waals surface area contributed by atoms with Gasteiger partial charge in [0.25, 0.3) is 0 Å². The standard InChI is InChI=1S/C15H21F3N2O/c1-3-13(20-8-6-19-7-9-20)12-5-4-11(15(16,17)18)10-14(12)21-2/h4-5,10,13,19H,3,6-9H2,1-2H3/t13-/m0/s1. The molecular weight excluding hydrogens is 281 g/mol. The quantitative estimate of drug-likeness (QED) is 0.925. The lowest BCUT2D eigenvalue weighted by molar-refractivity contribution is -0.137. The van der Waals surface area contributed by atoms with Crippen LogP contribution in [0.3, 0.4) is 0 Å². The van der Waals surface area contributed by atoms with E-state index in [9.17, 15) is 13.2 Å². The number of nitrogens with one attached hydrogen (secondary N) is 1. The normalized spacial score (nSPS) is 18.5. The Bertz CT molecular complexity index is 470. The molecule has 0 radical (unpaired) electrons. The lowest BCUT2D eigenvalue weighted by atomic mass is 9.99. The Morgan fingerprint density at radius 1 is 1.29 bits per heavy atom. The van der Waals surface area contributed by atoms with E-state index in [1.54, 1.807) is 6.07 Å². The maximum Gasteiger partial charge on any atom is 0.416 e. The molecule has 1 aliphatic heterocycles. The van der Waals surface area contributed by atoms with Crippen molar-refractivity contribution >= 4 is 0 Å². The molecule has 1 fully saturated rings. The van der Waals surface area contributed by atoms with Gasteiger partial charge in [0.15, 0.2) is 0 Å². The summed E-state index contributed by atoms with van der Waals surface area (Å²) < 4.78 is 43.6. The van der Waals surface area contributed by atoms with Crippen LogP contribution < -0.4 is 10.1 Å². The number of rotatable bonds is 4. The van der Waals surface area contributed by atoms with Crippen LogP contribution in [0, 0.1) is 0 Å². The Kier molecular flexibility index (Phi) is 5.11. The third kappa shape index (κ3) is 3.68. The van der Waals surface area contributed by atoms with Crippen molar-refractivity contribution in [3.8, 4) is 5.75 Å². The van der Waals surface area contributed by atoms with E-state index in [0.29, 0.717) is 5.75 Å². The van der Waals surface area contributed by atoms with Gasteiger partial charge in [0, 0.05) is 37.8 Å². The number of piperazine rings is 1. The van der Waals surface area contributed by atoms with E-state index < -0.39 is 11.7 Å². The van der Waals surface area contributed by atoms with Crippen LogP contribution in [-0.4, -0.2) is 38.2 Å². The molecule has 1 aromatic carbocycles. The zero-order valence-electron chi connectivity index (χ0n) is 12.3. The second-order valence-electron chi connectivity index (χ2n) is 5.16. The van der Waals surface area contributed by atoms with Crippen LogP contribution >= 0.6 is 0 Å². The maximum absolute atomic E-state index is 12.8. The van der Waals surface area contributed by atoms with E-state index in [4.69, 9.17) is 4.74 Å². The number of hydrogen-bond acceptors (Lipinski definition) is 3. The first-order valence-corrected chi connectivity index (χ1v) is 7.17. The number of nitrogens with zero attached hydrogens (tertiary/aromatic N) is 1. The summed E-state index contributed by atoms with van der Waals surface area (Å²) in [5, 5.41) is 3.28. The monoisotopic (exact) mass is 302 g/mol. The summed E-state index contributed by atoms with van der Waals surface area (Å²) in [6.07, 6.45) is -3.51. The Balaban J connectivity index is 2.32. The molecular formula is C15H21F3N2O. The van der Waals surface area contributed by atoms with Crippen LogP contribution in [0.1, 0.15) is 30.5 Å². The fraction of sp³-hybridized carbons (Fsp3) is 0.600. The van der Waals surface area contributed by atoms with Gasteiger partial charge in [-0.2, -0.15) is 13.2 Å². The largest absolute Gasteiger partial charge is 0.496 e. The maximum atomic E-state index is 12.8. The summed E-state index contributed by atoms with van der Waals surface area (Å²) in [5.41, 5.74) is 0.160. The Morgan fingerprint density at radius 3 is 2.48 bits per heavy atom. The molecule has 21 heavy (non-hydrogen) atoms. The van der Waals surface area contributed by atoms with Crippen LogP contribution in [0.25, 0.3) is 0 Å². The van der Waals surface area contributed by atoms with Gasteiger partial charge >= 0.3 is 6.18 Å². The van der Waals surface area contributed by atoms with Crippen LogP contribution in [0.2, 0.25) is 0 Å². The molecule has 1 aromatic rings. The van der Waals surface area contributed by atoms with Gasteiger partial charge in [0.2, 0.25) is 0 Å². The van der Waals surface area contributed by atoms with Crippen molar-refractivity contribution in [2.75, 3.05) is 33.3 Å². The molecule has 0 bridgehead atoms. The molecule has 1 N–H and O–H groups in total. The lowest BCUT2D eigenvalue weighted by Gasteiger charge is -2.35. The second kappa shape index (κ2) is 6.66. The first-order chi connectivity index (χ1) is 9.97. The summed E-state index contributed by atoms with van der Waals surface area (Å²) in [7, 11) is 1.42. The minimum absolute atomic E-state index is 0.0873. The van der Waals surface area contributed by atoms with Crippen molar-refractivity contribution < 1.29 is 17.9 Å². The van der Waals surface area contributed by atoms with Gasteiger partial charge in [-0.05, 0) is 18.6 Å². The van der Waals surface area contributed by atoms with E-state index in [2.05, 4.69) is 10.2 Å². The number of hydrogen-bond donors (Lipinski definition) is 1. The second-order valence-corrected chi connectivity index (χ2v) is 5.16. The zero-order chi connectivity index (χ0) is 15.5. The highest BCUT2D eigenvalue weighted by atomic mass is 19.4. The summed E-state index contributed by atoms with van der Waals surface area (Å²) in [5.74, 6) is 0.315. The van der Waals surface area contributed by atoms with Crippen molar-refractivity contribution in [2.24, 2.45) is 0 Å². The first-order valence-electron chi connectivity index (χ1n) is 7.17. The predicted molar refractivity (Wildman–Crippen MR) is 75.5 cm³/mol. The Labute approximate surface area is 123 Å². The van der Waals surface area contributed by atoms with E-state index in [0.717, 1.165) is 50.3 Å². The van der Waals surface area contributed by atoms with Crippen molar-refractivity contribution in [1.29, 1.82) is 0 Å². The van der Waals surface area contributed by atoms with Gasteiger partial charge < -0.3 is 10.1 Å². The highest BCUT2D eigenvalue weighted by molar-refractivity contribution is 5.40. The molecule has 1 atom stereocenters. The molecule has 6 heteroatoms. The third-order valence-corrected chi connectivity index (χ3v) is 3.90. The molecule has 118 valence electrons. The van der Waals surface area contributed by atoms with Gasteiger partial charge in [-0.1, -0.05) is 13.0 Å². The van der Waals surface area contributed by atoms with E-state index >= 15 is 0 Å². The predicted octanol–water partition coefficient (Wildman–Crippen LogP) is 3.07. The number of ether oxygens (including phenoxy) is 1. The molecule has 0 amide bonds. The first kappa shape index (κ1) is 16.1. The SMILES string of the molecule is CC[C@@H](c1ccc(C(F)(F)F)cc1OC)N1CCNCC1. The van der Waals surface area contributed by atoms with E-state index in [1.165, 1.54) is 7.11 Å². The highest BCUT2D eigenvalue weighted by Gasteiger charge is 2.32. The topological polar surface area (TPSA) is 24.5 Å². The minimum Gasteiger partial charge on any atom is -0.496 e.